The monoisotopic (exact) mass is 351 g/mol. The number of nitrogens with one attached hydrogen (secondary N) is 2. The van der Waals surface area contributed by atoms with E-state index in [1.54, 1.807) is 6.07 Å². The Hall–Kier alpha value is -2.66. The second-order valence-corrected chi connectivity index (χ2v) is 7.08. The summed E-state index contributed by atoms with van der Waals surface area (Å²) in [5.74, 6) is -0.205. The van der Waals surface area contributed by atoms with Crippen molar-refractivity contribution in [1.82, 2.24) is 4.98 Å². The lowest BCUT2D eigenvalue weighted by molar-refractivity contribution is -0.120. The minimum Gasteiger partial charge on any atom is -0.360 e. The van der Waals surface area contributed by atoms with E-state index in [-0.39, 0.29) is 23.7 Å². The van der Waals surface area contributed by atoms with Gasteiger partial charge in [-0.05, 0) is 55.2 Å². The van der Waals surface area contributed by atoms with E-state index in [4.69, 9.17) is 5.73 Å². The van der Waals surface area contributed by atoms with E-state index in [0.29, 0.717) is 0 Å². The number of nitrogens with two attached hydrogens (primary N) is 1. The summed E-state index contributed by atoms with van der Waals surface area (Å²) >= 11 is 0. The van der Waals surface area contributed by atoms with Crippen LogP contribution >= 0.6 is 0 Å². The SMILES string of the molecule is N[C@H]1CCC[C@@H](C(=O)Nc2ccc(-c3c[nH]c4cc(F)ccc34)cc2)C1. The molecule has 4 rings (SSSR count). The second-order valence-electron chi connectivity index (χ2n) is 7.08. The van der Waals surface area contributed by atoms with Crippen molar-refractivity contribution in [3.63, 3.8) is 0 Å². The molecule has 134 valence electrons. The number of aromatic amines is 1. The molecular formula is C21H22FN3O. The molecule has 3 aromatic rings. The number of carbonyl (C=O) groups excluding carboxylic acids is 1. The third kappa shape index (κ3) is 3.35. The molecule has 1 heterocycles. The fourth-order valence-electron chi connectivity index (χ4n) is 3.78. The zero-order valence-corrected chi connectivity index (χ0v) is 14.5. The van der Waals surface area contributed by atoms with Gasteiger partial charge in [-0.15, -0.1) is 0 Å². The normalized spacial score (nSPS) is 20.2. The minimum absolute atomic E-state index is 0.00180. The number of anilines is 1. The van der Waals surface area contributed by atoms with Gasteiger partial charge in [0.2, 0.25) is 5.91 Å². The van der Waals surface area contributed by atoms with Crippen LogP contribution in [0, 0.1) is 11.7 Å². The maximum Gasteiger partial charge on any atom is 0.227 e. The minimum atomic E-state index is -0.258. The Morgan fingerprint density at radius 2 is 1.96 bits per heavy atom. The van der Waals surface area contributed by atoms with Crippen LogP contribution in [0.15, 0.2) is 48.7 Å². The lowest BCUT2D eigenvalue weighted by atomic mass is 9.85. The summed E-state index contributed by atoms with van der Waals surface area (Å²) in [5, 5.41) is 3.97. The van der Waals surface area contributed by atoms with Gasteiger partial charge in [-0.3, -0.25) is 4.79 Å². The predicted octanol–water partition coefficient (Wildman–Crippen LogP) is 4.43. The van der Waals surface area contributed by atoms with Crippen LogP contribution in [0.5, 0.6) is 0 Å². The molecule has 1 aliphatic carbocycles. The maximum atomic E-state index is 13.3. The molecule has 1 amide bonds. The molecule has 2 aromatic carbocycles. The predicted molar refractivity (Wildman–Crippen MR) is 102 cm³/mol. The van der Waals surface area contributed by atoms with Gasteiger partial charge in [-0.25, -0.2) is 4.39 Å². The lowest BCUT2D eigenvalue weighted by Gasteiger charge is -2.25. The molecule has 0 spiro atoms. The first-order valence-corrected chi connectivity index (χ1v) is 9.03. The van der Waals surface area contributed by atoms with E-state index in [0.717, 1.165) is 53.4 Å². The van der Waals surface area contributed by atoms with Crippen LogP contribution in [-0.4, -0.2) is 16.9 Å². The number of halogens is 1. The maximum absolute atomic E-state index is 13.3. The molecule has 0 radical (unpaired) electrons. The van der Waals surface area contributed by atoms with Crippen molar-refractivity contribution < 1.29 is 9.18 Å². The van der Waals surface area contributed by atoms with Gasteiger partial charge < -0.3 is 16.0 Å². The zero-order chi connectivity index (χ0) is 18.1. The number of benzene rings is 2. The van der Waals surface area contributed by atoms with Gasteiger partial charge in [0.15, 0.2) is 0 Å². The highest BCUT2D eigenvalue weighted by molar-refractivity contribution is 5.96. The Kier molecular flexibility index (Phi) is 4.47. The Morgan fingerprint density at radius 1 is 1.15 bits per heavy atom. The first kappa shape index (κ1) is 16.8. The summed E-state index contributed by atoms with van der Waals surface area (Å²) in [4.78, 5) is 15.5. The fourth-order valence-corrected chi connectivity index (χ4v) is 3.78. The van der Waals surface area contributed by atoms with Crippen molar-refractivity contribution in [3.05, 3.63) is 54.5 Å². The van der Waals surface area contributed by atoms with E-state index in [1.807, 2.05) is 30.5 Å². The number of amides is 1. The van der Waals surface area contributed by atoms with E-state index < -0.39 is 0 Å². The van der Waals surface area contributed by atoms with Gasteiger partial charge in [-0.1, -0.05) is 18.6 Å². The van der Waals surface area contributed by atoms with Crippen molar-refractivity contribution in [2.45, 2.75) is 31.7 Å². The van der Waals surface area contributed by atoms with Crippen molar-refractivity contribution in [1.29, 1.82) is 0 Å². The number of hydrogen-bond donors (Lipinski definition) is 3. The van der Waals surface area contributed by atoms with E-state index >= 15 is 0 Å². The number of hydrogen-bond acceptors (Lipinski definition) is 2. The van der Waals surface area contributed by atoms with Gasteiger partial charge in [0.05, 0.1) is 0 Å². The molecule has 5 heteroatoms. The molecule has 4 N–H and O–H groups in total. The number of aromatic nitrogens is 1. The Balaban J connectivity index is 1.50. The van der Waals surface area contributed by atoms with Crippen LogP contribution in [0.1, 0.15) is 25.7 Å². The molecule has 0 aliphatic heterocycles. The topological polar surface area (TPSA) is 70.9 Å². The Bertz CT molecular complexity index is 932. The van der Waals surface area contributed by atoms with Crippen LogP contribution in [0.25, 0.3) is 22.0 Å². The van der Waals surface area contributed by atoms with Crippen molar-refractivity contribution >= 4 is 22.5 Å². The summed E-state index contributed by atoms with van der Waals surface area (Å²) < 4.78 is 13.3. The summed E-state index contributed by atoms with van der Waals surface area (Å²) in [6, 6.07) is 12.6. The highest BCUT2D eigenvalue weighted by atomic mass is 19.1. The average molecular weight is 351 g/mol. The number of rotatable bonds is 3. The first-order chi connectivity index (χ1) is 12.6. The van der Waals surface area contributed by atoms with Crippen molar-refractivity contribution in [3.8, 4) is 11.1 Å². The lowest BCUT2D eigenvalue weighted by Crippen LogP contribution is -2.34. The van der Waals surface area contributed by atoms with E-state index in [9.17, 15) is 9.18 Å². The summed E-state index contributed by atoms with van der Waals surface area (Å²) in [5.41, 5.74) is 9.55. The largest absolute Gasteiger partial charge is 0.360 e. The Morgan fingerprint density at radius 3 is 2.73 bits per heavy atom. The van der Waals surface area contributed by atoms with Crippen LogP contribution in [0.4, 0.5) is 10.1 Å². The second kappa shape index (κ2) is 6.92. The number of fused-ring (bicyclic) bond motifs is 1. The van der Waals surface area contributed by atoms with Gasteiger partial charge in [0.25, 0.3) is 0 Å². The molecule has 0 unspecified atom stereocenters. The van der Waals surface area contributed by atoms with Crippen LogP contribution in [0.3, 0.4) is 0 Å². The average Bonchev–Trinajstić information content (AvgIpc) is 3.05. The van der Waals surface area contributed by atoms with E-state index in [1.165, 1.54) is 12.1 Å². The number of carbonyl (C=O) groups is 1. The van der Waals surface area contributed by atoms with Crippen LogP contribution < -0.4 is 11.1 Å². The van der Waals surface area contributed by atoms with Crippen LogP contribution in [0.2, 0.25) is 0 Å². The van der Waals surface area contributed by atoms with Gasteiger partial charge in [-0.2, -0.15) is 0 Å². The molecule has 1 fully saturated rings. The third-order valence-corrected chi connectivity index (χ3v) is 5.19. The molecule has 4 nitrogen and oxygen atoms in total. The smallest absolute Gasteiger partial charge is 0.227 e. The van der Waals surface area contributed by atoms with E-state index in [2.05, 4.69) is 10.3 Å². The summed E-state index contributed by atoms with van der Waals surface area (Å²) in [6.07, 6.45) is 5.56. The fraction of sp³-hybridized carbons (Fsp3) is 0.286. The zero-order valence-electron chi connectivity index (χ0n) is 14.5. The third-order valence-electron chi connectivity index (χ3n) is 5.19. The molecule has 26 heavy (non-hydrogen) atoms. The van der Waals surface area contributed by atoms with Crippen LogP contribution in [-0.2, 0) is 4.79 Å². The highest BCUT2D eigenvalue weighted by Crippen LogP contribution is 2.30. The molecule has 1 aliphatic rings. The summed E-state index contributed by atoms with van der Waals surface area (Å²) in [6.45, 7) is 0. The summed E-state index contributed by atoms with van der Waals surface area (Å²) in [7, 11) is 0. The van der Waals surface area contributed by atoms with Crippen molar-refractivity contribution in [2.75, 3.05) is 5.32 Å². The molecular weight excluding hydrogens is 329 g/mol. The molecule has 0 saturated heterocycles. The van der Waals surface area contributed by atoms with Gasteiger partial charge in [0.1, 0.15) is 5.82 Å². The molecule has 0 bridgehead atoms. The first-order valence-electron chi connectivity index (χ1n) is 9.03. The van der Waals surface area contributed by atoms with Gasteiger partial charge in [0, 0.05) is 40.3 Å². The van der Waals surface area contributed by atoms with Crippen molar-refractivity contribution in [2.24, 2.45) is 11.7 Å². The highest BCUT2D eigenvalue weighted by Gasteiger charge is 2.25. The standard InChI is InChI=1S/C21H22FN3O/c22-15-6-9-18-19(12-24-20(18)11-15)13-4-7-17(8-5-13)25-21(26)14-2-1-3-16(23)10-14/h4-9,11-12,14,16,24H,1-3,10,23H2,(H,25,26)/t14-,16+/m1/s1. The number of H-pyrrole nitrogens is 1. The molecule has 2 atom stereocenters. The quantitative estimate of drug-likeness (QED) is 0.653. The molecule has 1 saturated carbocycles. The molecule has 1 aromatic heterocycles. The van der Waals surface area contributed by atoms with Gasteiger partial charge >= 0.3 is 0 Å². The Labute approximate surface area is 151 Å².